The fourth-order valence-corrected chi connectivity index (χ4v) is 3.63. The smallest absolute Gasteiger partial charge is 0.258 e. The van der Waals surface area contributed by atoms with Crippen molar-refractivity contribution in [3.8, 4) is 11.5 Å². The van der Waals surface area contributed by atoms with Crippen molar-refractivity contribution in [2.24, 2.45) is 0 Å². The molecule has 5 nitrogen and oxygen atoms in total. The van der Waals surface area contributed by atoms with Gasteiger partial charge < -0.3 is 14.4 Å². The van der Waals surface area contributed by atoms with Gasteiger partial charge in [-0.3, -0.25) is 4.79 Å². The Morgan fingerprint density at radius 2 is 2.12 bits per heavy atom. The standard InChI is InChI=1S/C20H18N2O3S/c1-24-19-10-15(6-7-18(19)25-11-16-12-26-13-21-16)20(23)22-9-8-14-4-2-3-5-17(14)22/h2-7,10,12-13H,8-9,11H2,1H3. The van der Waals surface area contributed by atoms with E-state index in [0.717, 1.165) is 17.8 Å². The lowest BCUT2D eigenvalue weighted by Gasteiger charge is -2.18. The number of hydrogen-bond donors (Lipinski definition) is 0. The Balaban J connectivity index is 1.55. The number of nitrogens with zero attached hydrogens (tertiary/aromatic N) is 2. The highest BCUT2D eigenvalue weighted by atomic mass is 32.1. The van der Waals surface area contributed by atoms with E-state index in [2.05, 4.69) is 11.1 Å². The van der Waals surface area contributed by atoms with Crippen LogP contribution in [0.5, 0.6) is 11.5 Å². The second-order valence-electron chi connectivity index (χ2n) is 5.97. The zero-order valence-electron chi connectivity index (χ0n) is 14.3. The van der Waals surface area contributed by atoms with E-state index in [9.17, 15) is 4.79 Å². The molecule has 0 aliphatic carbocycles. The Kier molecular flexibility index (Phi) is 4.58. The molecule has 3 aromatic rings. The number of amides is 1. The lowest BCUT2D eigenvalue weighted by molar-refractivity contribution is 0.0989. The van der Waals surface area contributed by atoms with Gasteiger partial charge in [0.2, 0.25) is 0 Å². The number of benzene rings is 2. The van der Waals surface area contributed by atoms with Crippen molar-refractivity contribution in [3.05, 3.63) is 70.2 Å². The Labute approximate surface area is 155 Å². The molecule has 1 amide bonds. The van der Waals surface area contributed by atoms with Crippen LogP contribution >= 0.6 is 11.3 Å². The average Bonchev–Trinajstić information content (AvgIpc) is 3.35. The van der Waals surface area contributed by atoms with Gasteiger partial charge in [-0.05, 0) is 36.2 Å². The molecule has 132 valence electrons. The van der Waals surface area contributed by atoms with Crippen LogP contribution in [0.4, 0.5) is 5.69 Å². The Bertz CT molecular complexity index is 925. The fourth-order valence-electron chi connectivity index (χ4n) is 3.09. The molecule has 1 aliphatic rings. The maximum absolute atomic E-state index is 13.0. The van der Waals surface area contributed by atoms with Gasteiger partial charge in [-0.2, -0.15) is 0 Å². The lowest BCUT2D eigenvalue weighted by atomic mass is 10.1. The molecule has 0 radical (unpaired) electrons. The van der Waals surface area contributed by atoms with Gasteiger partial charge in [0.1, 0.15) is 6.61 Å². The normalized spacial score (nSPS) is 12.7. The molecular formula is C20H18N2O3S. The van der Waals surface area contributed by atoms with Gasteiger partial charge in [-0.25, -0.2) is 4.98 Å². The van der Waals surface area contributed by atoms with Crippen LogP contribution in [0.1, 0.15) is 21.6 Å². The van der Waals surface area contributed by atoms with Gasteiger partial charge in [0.25, 0.3) is 5.91 Å². The molecule has 0 saturated heterocycles. The molecule has 6 heteroatoms. The van der Waals surface area contributed by atoms with Crippen LogP contribution in [0, 0.1) is 0 Å². The molecule has 2 aromatic carbocycles. The first-order valence-corrected chi connectivity index (χ1v) is 9.28. The first-order valence-electron chi connectivity index (χ1n) is 8.34. The average molecular weight is 366 g/mol. The van der Waals surface area contributed by atoms with Crippen LogP contribution in [0.3, 0.4) is 0 Å². The van der Waals surface area contributed by atoms with E-state index in [1.54, 1.807) is 30.8 Å². The lowest BCUT2D eigenvalue weighted by Crippen LogP contribution is -2.28. The summed E-state index contributed by atoms with van der Waals surface area (Å²) in [7, 11) is 1.57. The summed E-state index contributed by atoms with van der Waals surface area (Å²) < 4.78 is 11.2. The maximum Gasteiger partial charge on any atom is 0.258 e. The van der Waals surface area contributed by atoms with Crippen LogP contribution in [0.2, 0.25) is 0 Å². The number of rotatable bonds is 5. The van der Waals surface area contributed by atoms with Crippen molar-refractivity contribution < 1.29 is 14.3 Å². The summed E-state index contributed by atoms with van der Waals surface area (Å²) >= 11 is 1.53. The number of ether oxygens (including phenoxy) is 2. The maximum atomic E-state index is 13.0. The second-order valence-corrected chi connectivity index (χ2v) is 6.69. The van der Waals surface area contributed by atoms with Gasteiger partial charge in [0, 0.05) is 23.2 Å². The third kappa shape index (κ3) is 3.15. The van der Waals surface area contributed by atoms with Crippen LogP contribution < -0.4 is 14.4 Å². The first kappa shape index (κ1) is 16.6. The van der Waals surface area contributed by atoms with E-state index < -0.39 is 0 Å². The molecule has 0 unspecified atom stereocenters. The molecule has 0 spiro atoms. The first-order chi connectivity index (χ1) is 12.8. The summed E-state index contributed by atoms with van der Waals surface area (Å²) in [6, 6.07) is 13.3. The van der Waals surface area contributed by atoms with E-state index in [4.69, 9.17) is 9.47 Å². The highest BCUT2D eigenvalue weighted by molar-refractivity contribution is 7.07. The molecule has 0 bridgehead atoms. The van der Waals surface area contributed by atoms with Crippen molar-refractivity contribution in [2.45, 2.75) is 13.0 Å². The third-order valence-corrected chi connectivity index (χ3v) is 5.04. The minimum atomic E-state index is -0.0284. The molecule has 0 N–H and O–H groups in total. The van der Waals surface area contributed by atoms with E-state index in [0.29, 0.717) is 30.2 Å². The molecule has 1 aliphatic heterocycles. The number of carbonyl (C=O) groups is 1. The minimum Gasteiger partial charge on any atom is -0.493 e. The molecule has 2 heterocycles. The van der Waals surface area contributed by atoms with Crippen LogP contribution in [0.25, 0.3) is 0 Å². The predicted octanol–water partition coefficient (Wildman–Crippen LogP) is 3.93. The Morgan fingerprint density at radius 1 is 1.23 bits per heavy atom. The van der Waals surface area contributed by atoms with E-state index in [1.165, 1.54) is 16.9 Å². The molecule has 0 atom stereocenters. The topological polar surface area (TPSA) is 51.7 Å². The number of aromatic nitrogens is 1. The van der Waals surface area contributed by atoms with Crippen LogP contribution in [-0.2, 0) is 13.0 Å². The van der Waals surface area contributed by atoms with Gasteiger partial charge in [-0.15, -0.1) is 11.3 Å². The minimum absolute atomic E-state index is 0.0284. The van der Waals surface area contributed by atoms with Gasteiger partial charge >= 0.3 is 0 Å². The van der Waals surface area contributed by atoms with Gasteiger partial charge in [-0.1, -0.05) is 18.2 Å². The number of anilines is 1. The zero-order valence-corrected chi connectivity index (χ0v) is 15.2. The number of hydrogen-bond acceptors (Lipinski definition) is 5. The molecular weight excluding hydrogens is 348 g/mol. The summed E-state index contributed by atoms with van der Waals surface area (Å²) in [4.78, 5) is 19.0. The van der Waals surface area contributed by atoms with Crippen molar-refractivity contribution >= 4 is 22.9 Å². The highest BCUT2D eigenvalue weighted by Gasteiger charge is 2.25. The molecule has 0 fully saturated rings. The van der Waals surface area contributed by atoms with Gasteiger partial charge in [0.15, 0.2) is 11.5 Å². The van der Waals surface area contributed by atoms with Crippen molar-refractivity contribution in [1.29, 1.82) is 0 Å². The van der Waals surface area contributed by atoms with Crippen molar-refractivity contribution in [2.75, 3.05) is 18.6 Å². The summed E-state index contributed by atoms with van der Waals surface area (Å²) in [5, 5.41) is 1.94. The SMILES string of the molecule is COc1cc(C(=O)N2CCc3ccccc32)ccc1OCc1cscn1. The van der Waals surface area contributed by atoms with Crippen LogP contribution in [-0.4, -0.2) is 24.5 Å². The summed E-state index contributed by atoms with van der Waals surface area (Å²) in [5.74, 6) is 1.11. The number of carbonyl (C=O) groups excluding carboxylic acids is 1. The monoisotopic (exact) mass is 366 g/mol. The van der Waals surface area contributed by atoms with E-state index in [-0.39, 0.29) is 5.91 Å². The number of fused-ring (bicyclic) bond motifs is 1. The highest BCUT2D eigenvalue weighted by Crippen LogP contribution is 2.32. The molecule has 0 saturated carbocycles. The van der Waals surface area contributed by atoms with Crippen molar-refractivity contribution in [1.82, 2.24) is 4.98 Å². The van der Waals surface area contributed by atoms with Crippen molar-refractivity contribution in [3.63, 3.8) is 0 Å². The molecule has 26 heavy (non-hydrogen) atoms. The summed E-state index contributed by atoms with van der Waals surface area (Å²) in [6.07, 6.45) is 0.883. The largest absolute Gasteiger partial charge is 0.493 e. The van der Waals surface area contributed by atoms with E-state index in [1.807, 2.05) is 28.5 Å². The Morgan fingerprint density at radius 3 is 2.92 bits per heavy atom. The molecule has 4 rings (SSSR count). The quantitative estimate of drug-likeness (QED) is 0.686. The Hall–Kier alpha value is -2.86. The predicted molar refractivity (Wildman–Crippen MR) is 101 cm³/mol. The summed E-state index contributed by atoms with van der Waals surface area (Å²) in [5.41, 5.74) is 5.41. The zero-order chi connectivity index (χ0) is 17.9. The number of para-hydroxylation sites is 1. The molecule has 1 aromatic heterocycles. The summed E-state index contributed by atoms with van der Waals surface area (Å²) in [6.45, 7) is 1.06. The van der Waals surface area contributed by atoms with Crippen LogP contribution in [0.15, 0.2) is 53.4 Å². The van der Waals surface area contributed by atoms with Gasteiger partial charge in [0.05, 0.1) is 18.3 Å². The number of methoxy groups -OCH3 is 1. The number of thiazole rings is 1. The third-order valence-electron chi connectivity index (χ3n) is 4.40. The second kappa shape index (κ2) is 7.17. The fraction of sp³-hybridized carbons (Fsp3) is 0.200. The van der Waals surface area contributed by atoms with E-state index >= 15 is 0 Å².